The monoisotopic (exact) mass is 319 g/mol. The van der Waals surface area contributed by atoms with Crippen molar-refractivity contribution in [2.45, 2.75) is 52.9 Å². The van der Waals surface area contributed by atoms with Crippen LogP contribution in [0.1, 0.15) is 47.0 Å². The Morgan fingerprint density at radius 2 is 1.38 bits per heavy atom. The normalized spacial score (nSPS) is 12.3. The van der Waals surface area contributed by atoms with Gasteiger partial charge < -0.3 is 14.2 Å². The van der Waals surface area contributed by atoms with Crippen LogP contribution < -0.4 is 0 Å². The topological polar surface area (TPSA) is 61.8 Å². The highest BCUT2D eigenvalue weighted by atomic mass is 31.1. The first kappa shape index (κ1) is 20.4. The lowest BCUT2D eigenvalue weighted by Crippen LogP contribution is -2.43. The number of allylic oxidation sites excluding steroid dienone is 1. The zero-order valence-corrected chi connectivity index (χ0v) is 14.5. The third kappa shape index (κ3) is 7.82. The zero-order chi connectivity index (χ0) is 16.3. The fraction of sp³-hybridized carbons (Fsp3) is 0.800. The molecule has 0 heterocycles. The van der Waals surface area contributed by atoms with Crippen molar-refractivity contribution in [3.8, 4) is 0 Å². The van der Waals surface area contributed by atoms with E-state index in [0.29, 0.717) is 19.8 Å². The molecule has 0 amide bonds. The van der Waals surface area contributed by atoms with Crippen LogP contribution in [0, 0.1) is 0 Å². The molecular weight excluding hydrogens is 291 g/mol. The second kappa shape index (κ2) is 11.0. The van der Waals surface area contributed by atoms with Gasteiger partial charge in [-0.15, -0.1) is 0 Å². The van der Waals surface area contributed by atoms with E-state index in [1.54, 1.807) is 6.92 Å². The first-order valence-corrected chi connectivity index (χ1v) is 8.93. The number of carbonyl (C=O) groups excluding carboxylic acids is 1. The zero-order valence-electron chi connectivity index (χ0n) is 13.6. The highest BCUT2D eigenvalue weighted by Gasteiger charge is 2.46. The van der Waals surface area contributed by atoms with Crippen LogP contribution >= 0.6 is 7.80 Å². The third-order valence-electron chi connectivity index (χ3n) is 2.51. The van der Waals surface area contributed by atoms with Gasteiger partial charge in [0.05, 0.1) is 19.8 Å². The van der Waals surface area contributed by atoms with E-state index in [-0.39, 0.29) is 11.7 Å². The molecule has 0 aliphatic carbocycles. The third-order valence-corrected chi connectivity index (χ3v) is 4.02. The first-order chi connectivity index (χ1) is 9.92. The fourth-order valence-electron chi connectivity index (χ4n) is 1.50. The summed E-state index contributed by atoms with van der Waals surface area (Å²) in [7, 11) is -2.18. The fourth-order valence-corrected chi connectivity index (χ4v) is 2.69. The molecule has 1 atom stereocenters. The van der Waals surface area contributed by atoms with E-state index in [1.807, 2.05) is 20.8 Å². The Morgan fingerprint density at radius 1 is 1.00 bits per heavy atom. The van der Waals surface area contributed by atoms with Gasteiger partial charge in [0.1, 0.15) is 0 Å². The van der Waals surface area contributed by atoms with Gasteiger partial charge in [0, 0.05) is 5.57 Å². The molecule has 0 radical (unpaired) electrons. The van der Waals surface area contributed by atoms with E-state index in [9.17, 15) is 9.36 Å². The molecule has 0 aromatic rings. The molecule has 1 unspecified atom stereocenters. The van der Waals surface area contributed by atoms with Crippen LogP contribution in [0.15, 0.2) is 12.2 Å². The van der Waals surface area contributed by atoms with Crippen LogP contribution in [0.4, 0.5) is 0 Å². The predicted octanol–water partition coefficient (Wildman–Crippen LogP) is 3.85. The van der Waals surface area contributed by atoms with Crippen LogP contribution in [0.5, 0.6) is 0 Å². The van der Waals surface area contributed by atoms with E-state index in [4.69, 9.17) is 14.2 Å². The SMILES string of the molecule is C=C(C)C(=O)[P+](=O)CC(OCCC)(OCCC)OCCC. The summed E-state index contributed by atoms with van der Waals surface area (Å²) in [6.45, 7) is 12.2. The van der Waals surface area contributed by atoms with E-state index < -0.39 is 19.3 Å². The van der Waals surface area contributed by atoms with Crippen molar-refractivity contribution in [1.82, 2.24) is 0 Å². The van der Waals surface area contributed by atoms with Gasteiger partial charge in [-0.3, -0.25) is 0 Å². The summed E-state index contributed by atoms with van der Waals surface area (Å²) in [5, 5.41) is 0. The lowest BCUT2D eigenvalue weighted by molar-refractivity contribution is -0.367. The van der Waals surface area contributed by atoms with Gasteiger partial charge in [-0.2, -0.15) is 0 Å². The van der Waals surface area contributed by atoms with E-state index in [1.165, 1.54) is 0 Å². The molecule has 0 aliphatic heterocycles. The summed E-state index contributed by atoms with van der Waals surface area (Å²) in [4.78, 5) is 11.8. The van der Waals surface area contributed by atoms with Crippen molar-refractivity contribution in [2.75, 3.05) is 26.0 Å². The summed E-state index contributed by atoms with van der Waals surface area (Å²) in [5.74, 6) is -1.40. The van der Waals surface area contributed by atoms with Crippen molar-refractivity contribution >= 4 is 13.3 Å². The molecule has 5 nitrogen and oxygen atoms in total. The Balaban J connectivity index is 5.05. The van der Waals surface area contributed by atoms with Crippen molar-refractivity contribution in [2.24, 2.45) is 0 Å². The Bertz CT molecular complexity index is 332. The molecular formula is C15H28O5P+. The Hall–Kier alpha value is -0.610. The quantitative estimate of drug-likeness (QED) is 0.293. The summed E-state index contributed by atoms with van der Waals surface area (Å²) >= 11 is 0. The summed E-state index contributed by atoms with van der Waals surface area (Å²) in [6, 6.07) is 0. The molecule has 0 aliphatic rings. The lowest BCUT2D eigenvalue weighted by Gasteiger charge is -2.29. The van der Waals surface area contributed by atoms with Crippen molar-refractivity contribution in [1.29, 1.82) is 0 Å². The molecule has 0 fully saturated rings. The Kier molecular flexibility index (Phi) is 10.7. The maximum Gasteiger partial charge on any atom is 0.428 e. The van der Waals surface area contributed by atoms with E-state index >= 15 is 0 Å². The molecule has 0 aromatic carbocycles. The molecule has 0 rings (SSSR count). The molecule has 122 valence electrons. The Morgan fingerprint density at radius 3 is 1.67 bits per heavy atom. The molecule has 0 aromatic heterocycles. The van der Waals surface area contributed by atoms with Crippen molar-refractivity contribution in [3.63, 3.8) is 0 Å². The molecule has 0 saturated heterocycles. The minimum absolute atomic E-state index is 0.103. The summed E-state index contributed by atoms with van der Waals surface area (Å²) < 4.78 is 29.2. The number of ether oxygens (including phenoxy) is 3. The maximum atomic E-state index is 12.2. The molecule has 0 N–H and O–H groups in total. The number of hydrogen-bond acceptors (Lipinski definition) is 5. The first-order valence-electron chi connectivity index (χ1n) is 7.48. The predicted molar refractivity (Wildman–Crippen MR) is 83.8 cm³/mol. The molecule has 0 saturated carbocycles. The van der Waals surface area contributed by atoms with Crippen LogP contribution in [-0.4, -0.2) is 37.5 Å². The van der Waals surface area contributed by atoms with Crippen molar-refractivity contribution in [3.05, 3.63) is 12.2 Å². The molecule has 6 heteroatoms. The van der Waals surface area contributed by atoms with Gasteiger partial charge in [0.25, 0.3) is 0 Å². The minimum Gasteiger partial charge on any atom is -0.324 e. The number of hydrogen-bond donors (Lipinski definition) is 0. The van der Waals surface area contributed by atoms with Gasteiger partial charge in [-0.25, -0.2) is 4.79 Å². The molecule has 0 spiro atoms. The van der Waals surface area contributed by atoms with Crippen LogP contribution in [0.25, 0.3) is 0 Å². The Labute approximate surface area is 128 Å². The van der Waals surface area contributed by atoms with Crippen LogP contribution in [-0.2, 0) is 23.6 Å². The average Bonchev–Trinajstić information content (AvgIpc) is 2.47. The lowest BCUT2D eigenvalue weighted by atomic mass is 10.4. The van der Waals surface area contributed by atoms with Crippen LogP contribution in [0.3, 0.4) is 0 Å². The highest BCUT2D eigenvalue weighted by Crippen LogP contribution is 2.34. The average molecular weight is 319 g/mol. The van der Waals surface area contributed by atoms with E-state index in [0.717, 1.165) is 19.3 Å². The second-order valence-electron chi connectivity index (χ2n) is 4.85. The molecule has 21 heavy (non-hydrogen) atoms. The van der Waals surface area contributed by atoms with Gasteiger partial charge in [-0.05, 0) is 26.2 Å². The van der Waals surface area contributed by atoms with E-state index in [2.05, 4.69) is 6.58 Å². The van der Waals surface area contributed by atoms with Crippen molar-refractivity contribution < 1.29 is 23.6 Å². The summed E-state index contributed by atoms with van der Waals surface area (Å²) in [5.41, 5.74) is -0.193. The van der Waals surface area contributed by atoms with Crippen LogP contribution in [0.2, 0.25) is 0 Å². The van der Waals surface area contributed by atoms with Gasteiger partial charge in [-0.1, -0.05) is 31.9 Å². The standard InChI is InChI=1S/C15H28O5P/c1-6-9-18-15(19-10-7-2,20-11-8-3)12-21(17)14(16)13(4)5/h4,6-12H2,1-3,5H3/q+1. The minimum atomic E-state index is -2.18. The second-order valence-corrected chi connectivity index (χ2v) is 6.33. The van der Waals surface area contributed by atoms with Gasteiger partial charge in [0.2, 0.25) is 6.16 Å². The largest absolute Gasteiger partial charge is 0.428 e. The van der Waals surface area contributed by atoms with Gasteiger partial charge >= 0.3 is 19.3 Å². The summed E-state index contributed by atoms with van der Waals surface area (Å²) in [6.07, 6.45) is 2.22. The number of carbonyl (C=O) groups is 1. The number of rotatable bonds is 13. The van der Waals surface area contributed by atoms with Gasteiger partial charge in [0.15, 0.2) is 0 Å². The smallest absolute Gasteiger partial charge is 0.324 e. The molecule has 0 bridgehead atoms. The maximum absolute atomic E-state index is 12.2. The highest BCUT2D eigenvalue weighted by molar-refractivity contribution is 7.64.